The van der Waals surface area contributed by atoms with Gasteiger partial charge in [-0.05, 0) is 11.5 Å². The molecule has 0 spiro atoms. The van der Waals surface area contributed by atoms with Gasteiger partial charge in [-0.25, -0.2) is 0 Å². The van der Waals surface area contributed by atoms with Crippen LogP contribution in [0.5, 0.6) is 5.75 Å². The molecule has 0 saturated carbocycles. The maximum absolute atomic E-state index is 10.0. The molecule has 3 nitrogen and oxygen atoms in total. The summed E-state index contributed by atoms with van der Waals surface area (Å²) >= 11 is 0. The van der Waals surface area contributed by atoms with Crippen LogP contribution >= 0.6 is 0 Å². The molecule has 2 aromatic carbocycles. The third kappa shape index (κ3) is 3.94. The lowest BCUT2D eigenvalue weighted by Crippen LogP contribution is -2.35. The largest absolute Gasteiger partial charge is 0.490 e. The fraction of sp³-hybridized carbons (Fsp3) is 0.375. The maximum atomic E-state index is 10.0. The number of aliphatic hydroxyl groups is 1. The van der Waals surface area contributed by atoms with Gasteiger partial charge in [0.05, 0.1) is 0 Å². The van der Waals surface area contributed by atoms with Crippen LogP contribution in [-0.2, 0) is 0 Å². The lowest BCUT2D eigenvalue weighted by Gasteiger charge is -2.15. The van der Waals surface area contributed by atoms with E-state index in [1.165, 1.54) is 6.92 Å². The first-order valence-corrected chi connectivity index (χ1v) is 6.26. The van der Waals surface area contributed by atoms with Crippen LogP contribution in [0.2, 0.25) is 0 Å². The highest BCUT2D eigenvalue weighted by atomic mass is 16.5. The van der Waals surface area contributed by atoms with Crippen LogP contribution in [0.1, 0.15) is 19.3 Å². The Balaban J connectivity index is 1.97. The van der Waals surface area contributed by atoms with Crippen molar-refractivity contribution in [2.75, 3.05) is 13.1 Å². The Hall–Kier alpha value is -1.58. The van der Waals surface area contributed by atoms with Gasteiger partial charge in [-0.15, -0.1) is 0 Å². The first kappa shape index (κ1) is 9.34. The van der Waals surface area contributed by atoms with Gasteiger partial charge < -0.3 is 15.2 Å². The minimum absolute atomic E-state index is 0.0944. The highest BCUT2D eigenvalue weighted by Crippen LogP contribution is 2.25. The molecule has 0 radical (unpaired) electrons. The van der Waals surface area contributed by atoms with E-state index in [0.717, 1.165) is 10.8 Å². The van der Waals surface area contributed by atoms with Gasteiger partial charge in [0.2, 0.25) is 0 Å². The summed E-state index contributed by atoms with van der Waals surface area (Å²) < 4.78 is 35.3. The SMILES string of the molecule is [2H]C(NC(C)C([2H])([2H])[2H])C(O)COc1cccc2ccccc12. The fourth-order valence-corrected chi connectivity index (χ4v) is 1.80. The molecule has 0 bridgehead atoms. The minimum atomic E-state index is -2.21. The third-order valence-electron chi connectivity index (χ3n) is 2.70. The van der Waals surface area contributed by atoms with Crippen molar-refractivity contribution >= 4 is 10.8 Å². The molecule has 0 fully saturated rings. The van der Waals surface area contributed by atoms with E-state index in [-0.39, 0.29) is 6.61 Å². The zero-order chi connectivity index (χ0) is 17.0. The average molecular weight is 263 g/mol. The van der Waals surface area contributed by atoms with Crippen LogP contribution in [0.4, 0.5) is 0 Å². The molecule has 0 aliphatic rings. The molecule has 0 amide bonds. The van der Waals surface area contributed by atoms with E-state index in [1.54, 1.807) is 6.07 Å². The van der Waals surface area contributed by atoms with E-state index in [1.807, 2.05) is 36.4 Å². The molecule has 0 aliphatic carbocycles. The number of nitrogens with one attached hydrogen (secondary N) is 1. The van der Waals surface area contributed by atoms with Gasteiger partial charge in [0.1, 0.15) is 18.5 Å². The topological polar surface area (TPSA) is 41.5 Å². The molecule has 2 rings (SSSR count). The van der Waals surface area contributed by atoms with E-state index in [4.69, 9.17) is 10.2 Å². The molecule has 0 aromatic heterocycles. The Morgan fingerprint density at radius 3 is 2.95 bits per heavy atom. The molecule has 3 heteroatoms. The van der Waals surface area contributed by atoms with Crippen LogP contribution in [0.15, 0.2) is 42.5 Å². The Bertz CT molecular complexity index is 642. The van der Waals surface area contributed by atoms with Crippen LogP contribution in [0.3, 0.4) is 0 Å². The van der Waals surface area contributed by atoms with Crippen LogP contribution < -0.4 is 10.1 Å². The van der Waals surface area contributed by atoms with Gasteiger partial charge in [-0.2, -0.15) is 0 Å². The second kappa shape index (κ2) is 6.55. The van der Waals surface area contributed by atoms with Gasteiger partial charge >= 0.3 is 0 Å². The van der Waals surface area contributed by atoms with Crippen molar-refractivity contribution in [2.45, 2.75) is 25.9 Å². The van der Waals surface area contributed by atoms with E-state index < -0.39 is 25.5 Å². The quantitative estimate of drug-likeness (QED) is 0.841. The zero-order valence-electron chi connectivity index (χ0n) is 14.8. The third-order valence-corrected chi connectivity index (χ3v) is 2.70. The summed E-state index contributed by atoms with van der Waals surface area (Å²) in [4.78, 5) is 0. The second-order valence-corrected chi connectivity index (χ2v) is 4.41. The predicted octanol–water partition coefficient (Wildman–Crippen LogP) is 2.58. The molecule has 0 heterocycles. The lowest BCUT2D eigenvalue weighted by atomic mass is 10.1. The summed E-state index contributed by atoms with van der Waals surface area (Å²) in [6.45, 7) is -1.98. The first-order valence-electron chi connectivity index (χ1n) is 8.33. The molecular weight excluding hydrogens is 238 g/mol. The lowest BCUT2D eigenvalue weighted by molar-refractivity contribution is 0.105. The Kier molecular flexibility index (Phi) is 3.22. The Morgan fingerprint density at radius 2 is 2.11 bits per heavy atom. The Morgan fingerprint density at radius 1 is 1.32 bits per heavy atom. The van der Waals surface area contributed by atoms with Crippen molar-refractivity contribution in [2.24, 2.45) is 0 Å². The van der Waals surface area contributed by atoms with E-state index in [0.29, 0.717) is 5.75 Å². The molecule has 2 N–H and O–H groups in total. The van der Waals surface area contributed by atoms with Gasteiger partial charge in [0.25, 0.3) is 0 Å². The van der Waals surface area contributed by atoms with Crippen LogP contribution in [0, 0.1) is 0 Å². The number of rotatable bonds is 6. The number of ether oxygens (including phenoxy) is 1. The number of hydrogen-bond donors (Lipinski definition) is 2. The Labute approximate surface area is 119 Å². The first-order chi connectivity index (χ1) is 10.8. The molecule has 3 unspecified atom stereocenters. The second-order valence-electron chi connectivity index (χ2n) is 4.41. The summed E-state index contributed by atoms with van der Waals surface area (Å²) in [7, 11) is 0. The number of fused-ring (bicyclic) bond motifs is 1. The van der Waals surface area contributed by atoms with Crippen molar-refractivity contribution in [3.8, 4) is 5.75 Å². The van der Waals surface area contributed by atoms with Crippen LogP contribution in [-0.4, -0.2) is 30.4 Å². The average Bonchev–Trinajstić information content (AvgIpc) is 2.51. The summed E-state index contributed by atoms with van der Waals surface area (Å²) in [5.74, 6) is 0.623. The molecule has 0 saturated heterocycles. The van der Waals surface area contributed by atoms with Gasteiger partial charge in [0, 0.05) is 23.4 Å². The summed E-state index contributed by atoms with van der Waals surface area (Å²) in [5, 5.41) is 14.5. The summed E-state index contributed by atoms with van der Waals surface area (Å²) in [5.41, 5.74) is 0. The molecule has 2 aromatic rings. The summed E-state index contributed by atoms with van der Waals surface area (Å²) in [6.07, 6.45) is -1.14. The van der Waals surface area contributed by atoms with E-state index in [2.05, 4.69) is 5.32 Å². The van der Waals surface area contributed by atoms with E-state index in [9.17, 15) is 5.11 Å². The fourth-order valence-electron chi connectivity index (χ4n) is 1.80. The highest BCUT2D eigenvalue weighted by Gasteiger charge is 2.07. The van der Waals surface area contributed by atoms with E-state index >= 15 is 0 Å². The molecule has 3 atom stereocenters. The zero-order valence-corrected chi connectivity index (χ0v) is 10.8. The molecule has 0 aliphatic heterocycles. The number of hydrogen-bond acceptors (Lipinski definition) is 3. The van der Waals surface area contributed by atoms with Gasteiger partial charge in [-0.3, -0.25) is 0 Å². The molecule has 102 valence electrons. The molecule has 19 heavy (non-hydrogen) atoms. The molecular formula is C16H21NO2. The van der Waals surface area contributed by atoms with Crippen LogP contribution in [0.25, 0.3) is 10.8 Å². The standard InChI is InChI=1S/C16H21NO2/c1-12(2)17-10-14(18)11-19-16-9-5-7-13-6-3-4-8-15(13)16/h3-9,12,14,17-18H,10-11H2,1-2H3/i1D3,10D. The maximum Gasteiger partial charge on any atom is 0.127 e. The number of aliphatic hydroxyl groups excluding tert-OH is 1. The predicted molar refractivity (Wildman–Crippen MR) is 78.6 cm³/mol. The smallest absolute Gasteiger partial charge is 0.127 e. The minimum Gasteiger partial charge on any atom is -0.490 e. The van der Waals surface area contributed by atoms with Gasteiger partial charge in [-0.1, -0.05) is 50.2 Å². The number of benzene rings is 2. The van der Waals surface area contributed by atoms with Crippen molar-refractivity contribution in [1.82, 2.24) is 5.32 Å². The van der Waals surface area contributed by atoms with Crippen molar-refractivity contribution in [3.05, 3.63) is 42.5 Å². The highest BCUT2D eigenvalue weighted by molar-refractivity contribution is 5.88. The van der Waals surface area contributed by atoms with Crippen molar-refractivity contribution in [3.63, 3.8) is 0 Å². The monoisotopic (exact) mass is 263 g/mol. The normalized spacial score (nSPS) is 19.7. The van der Waals surface area contributed by atoms with Crippen molar-refractivity contribution < 1.29 is 15.3 Å². The van der Waals surface area contributed by atoms with Crippen molar-refractivity contribution in [1.29, 1.82) is 0 Å². The summed E-state index contributed by atoms with van der Waals surface area (Å²) in [6, 6.07) is 12.5. The van der Waals surface area contributed by atoms with Gasteiger partial charge in [0.15, 0.2) is 0 Å².